The summed E-state index contributed by atoms with van der Waals surface area (Å²) in [6, 6.07) is 4.80. The van der Waals surface area contributed by atoms with Crippen LogP contribution in [0.5, 0.6) is 5.75 Å². The van der Waals surface area contributed by atoms with Crippen molar-refractivity contribution in [2.75, 3.05) is 26.7 Å². The molecule has 7 heteroatoms. The topological polar surface area (TPSA) is 72.9 Å². The van der Waals surface area contributed by atoms with E-state index < -0.39 is 0 Å². The molecule has 0 atom stereocenters. The molecule has 0 radical (unpaired) electrons. The second-order valence-corrected chi connectivity index (χ2v) is 6.75. The van der Waals surface area contributed by atoms with Gasteiger partial charge in [0, 0.05) is 32.2 Å². The Morgan fingerprint density at radius 1 is 1.36 bits per heavy atom. The molecule has 0 unspecified atom stereocenters. The van der Waals surface area contributed by atoms with Gasteiger partial charge in [-0.05, 0) is 47.0 Å². The van der Waals surface area contributed by atoms with Gasteiger partial charge in [-0.1, -0.05) is 0 Å². The van der Waals surface area contributed by atoms with E-state index in [2.05, 4.69) is 21.2 Å². The number of phenols is 1. The van der Waals surface area contributed by atoms with E-state index in [4.69, 9.17) is 0 Å². The van der Waals surface area contributed by atoms with Crippen molar-refractivity contribution in [3.8, 4) is 5.75 Å². The third kappa shape index (κ3) is 2.43. The van der Waals surface area contributed by atoms with Crippen molar-refractivity contribution in [2.24, 2.45) is 0 Å². The van der Waals surface area contributed by atoms with Gasteiger partial charge in [-0.15, -0.1) is 0 Å². The summed E-state index contributed by atoms with van der Waals surface area (Å²) in [5.41, 5.74) is 0.307. The number of benzene rings is 1. The van der Waals surface area contributed by atoms with Crippen LogP contribution in [0.2, 0.25) is 0 Å². The van der Waals surface area contributed by atoms with Crippen LogP contribution in [-0.4, -0.2) is 59.1 Å². The first-order chi connectivity index (χ1) is 10.4. The molecule has 6 nitrogen and oxygen atoms in total. The van der Waals surface area contributed by atoms with Crippen molar-refractivity contribution < 1.29 is 14.7 Å². The normalized spacial score (nSPS) is 20.4. The van der Waals surface area contributed by atoms with Gasteiger partial charge in [-0.3, -0.25) is 4.79 Å². The minimum absolute atomic E-state index is 0.0439. The number of hydrogen-bond donors (Lipinski definition) is 2. The highest BCUT2D eigenvalue weighted by atomic mass is 79.9. The zero-order valence-corrected chi connectivity index (χ0v) is 13.9. The van der Waals surface area contributed by atoms with Crippen molar-refractivity contribution in [3.63, 3.8) is 0 Å². The van der Waals surface area contributed by atoms with Crippen LogP contribution < -0.4 is 5.32 Å². The van der Waals surface area contributed by atoms with Crippen LogP contribution in [0.25, 0.3) is 0 Å². The first-order valence-electron chi connectivity index (χ1n) is 7.22. The van der Waals surface area contributed by atoms with E-state index >= 15 is 0 Å². The number of likely N-dealkylation sites (tertiary alicyclic amines) is 1. The lowest BCUT2D eigenvalue weighted by Crippen LogP contribution is -2.54. The maximum absolute atomic E-state index is 12.5. The SMILES string of the molecule is CN1C(=O)NCC12CCN(C(=O)c1ccc(Br)c(O)c1)CC2. The zero-order valence-electron chi connectivity index (χ0n) is 12.3. The van der Waals surface area contributed by atoms with E-state index in [1.165, 1.54) is 6.07 Å². The van der Waals surface area contributed by atoms with Crippen LogP contribution in [-0.2, 0) is 0 Å². The number of piperidine rings is 1. The van der Waals surface area contributed by atoms with Gasteiger partial charge in [-0.25, -0.2) is 4.79 Å². The Balaban J connectivity index is 1.70. The van der Waals surface area contributed by atoms with E-state index in [0.29, 0.717) is 29.7 Å². The molecule has 0 aromatic heterocycles. The van der Waals surface area contributed by atoms with Gasteiger partial charge in [-0.2, -0.15) is 0 Å². The molecule has 22 heavy (non-hydrogen) atoms. The monoisotopic (exact) mass is 367 g/mol. The molecular formula is C15H18BrN3O3. The molecule has 1 aromatic carbocycles. The molecule has 2 aliphatic heterocycles. The fourth-order valence-electron chi connectivity index (χ4n) is 3.16. The van der Waals surface area contributed by atoms with Gasteiger partial charge in [0.15, 0.2) is 0 Å². The molecule has 2 saturated heterocycles. The van der Waals surface area contributed by atoms with E-state index in [0.717, 1.165) is 12.8 Å². The molecule has 3 amide bonds. The van der Waals surface area contributed by atoms with Crippen molar-refractivity contribution in [3.05, 3.63) is 28.2 Å². The summed E-state index contributed by atoms with van der Waals surface area (Å²) in [6.07, 6.45) is 1.52. The highest BCUT2D eigenvalue weighted by Gasteiger charge is 2.45. The summed E-state index contributed by atoms with van der Waals surface area (Å²) in [4.78, 5) is 27.7. The Morgan fingerprint density at radius 2 is 2.05 bits per heavy atom. The van der Waals surface area contributed by atoms with Crippen LogP contribution in [0.1, 0.15) is 23.2 Å². The molecule has 3 rings (SSSR count). The quantitative estimate of drug-likeness (QED) is 0.794. The maximum Gasteiger partial charge on any atom is 0.317 e. The molecule has 1 aromatic rings. The summed E-state index contributed by atoms with van der Waals surface area (Å²) < 4.78 is 0.568. The fourth-order valence-corrected chi connectivity index (χ4v) is 3.41. The predicted octanol–water partition coefficient (Wildman–Crippen LogP) is 1.78. The Kier molecular flexibility index (Phi) is 3.76. The van der Waals surface area contributed by atoms with Crippen LogP contribution >= 0.6 is 15.9 Å². The van der Waals surface area contributed by atoms with Gasteiger partial charge in [0.05, 0.1) is 10.0 Å². The van der Waals surface area contributed by atoms with Crippen molar-refractivity contribution >= 4 is 27.9 Å². The van der Waals surface area contributed by atoms with E-state index in [9.17, 15) is 14.7 Å². The molecule has 0 aliphatic carbocycles. The number of carbonyl (C=O) groups is 2. The molecule has 2 aliphatic rings. The largest absolute Gasteiger partial charge is 0.507 e. The summed E-state index contributed by atoms with van der Waals surface area (Å²) in [5.74, 6) is -0.0257. The highest BCUT2D eigenvalue weighted by molar-refractivity contribution is 9.10. The Morgan fingerprint density at radius 3 is 2.59 bits per heavy atom. The molecular weight excluding hydrogens is 350 g/mol. The number of likely N-dealkylation sites (N-methyl/N-ethyl adjacent to an activating group) is 1. The number of amides is 3. The van der Waals surface area contributed by atoms with Crippen molar-refractivity contribution in [1.82, 2.24) is 15.1 Å². The minimum Gasteiger partial charge on any atom is -0.507 e. The maximum atomic E-state index is 12.5. The first kappa shape index (κ1) is 15.1. The molecule has 0 bridgehead atoms. The zero-order chi connectivity index (χ0) is 15.9. The first-order valence-corrected chi connectivity index (χ1v) is 8.02. The van der Waals surface area contributed by atoms with Crippen molar-refractivity contribution in [2.45, 2.75) is 18.4 Å². The second kappa shape index (κ2) is 5.46. The molecule has 2 N–H and O–H groups in total. The summed E-state index contributed by atoms with van der Waals surface area (Å²) in [6.45, 7) is 1.85. The Labute approximate surface area is 137 Å². The van der Waals surface area contributed by atoms with E-state index in [-0.39, 0.29) is 23.2 Å². The number of carbonyl (C=O) groups excluding carboxylic acids is 2. The predicted molar refractivity (Wildman–Crippen MR) is 84.8 cm³/mol. The average Bonchev–Trinajstić information content (AvgIpc) is 2.79. The summed E-state index contributed by atoms with van der Waals surface area (Å²) >= 11 is 3.21. The number of urea groups is 1. The van der Waals surface area contributed by atoms with Gasteiger partial charge < -0.3 is 20.2 Å². The summed E-state index contributed by atoms with van der Waals surface area (Å²) in [7, 11) is 1.81. The highest BCUT2D eigenvalue weighted by Crippen LogP contribution is 2.32. The molecule has 118 valence electrons. The molecule has 2 heterocycles. The van der Waals surface area contributed by atoms with E-state index in [1.807, 2.05) is 7.05 Å². The third-order valence-electron chi connectivity index (χ3n) is 4.76. The number of halogens is 1. The van der Waals surface area contributed by atoms with Gasteiger partial charge >= 0.3 is 6.03 Å². The second-order valence-electron chi connectivity index (χ2n) is 5.90. The van der Waals surface area contributed by atoms with Crippen LogP contribution in [0.3, 0.4) is 0 Å². The number of nitrogens with zero attached hydrogens (tertiary/aromatic N) is 2. The Bertz CT molecular complexity index is 626. The lowest BCUT2D eigenvalue weighted by atomic mass is 9.87. The molecule has 0 saturated carbocycles. The smallest absolute Gasteiger partial charge is 0.317 e. The van der Waals surface area contributed by atoms with Gasteiger partial charge in [0.25, 0.3) is 5.91 Å². The summed E-state index contributed by atoms with van der Waals surface area (Å²) in [5, 5.41) is 12.6. The lowest BCUT2D eigenvalue weighted by molar-refractivity contribution is 0.0565. The Hall–Kier alpha value is -1.76. The number of nitrogens with one attached hydrogen (secondary N) is 1. The number of phenolic OH excluding ortho intramolecular Hbond substituents is 1. The molecule has 2 fully saturated rings. The van der Waals surface area contributed by atoms with Crippen LogP contribution in [0.4, 0.5) is 4.79 Å². The number of hydrogen-bond acceptors (Lipinski definition) is 3. The van der Waals surface area contributed by atoms with Crippen molar-refractivity contribution in [1.29, 1.82) is 0 Å². The van der Waals surface area contributed by atoms with Crippen LogP contribution in [0.15, 0.2) is 22.7 Å². The fraction of sp³-hybridized carbons (Fsp3) is 0.467. The van der Waals surface area contributed by atoms with Gasteiger partial charge in [0.1, 0.15) is 5.75 Å². The number of rotatable bonds is 1. The average molecular weight is 368 g/mol. The number of aromatic hydroxyl groups is 1. The standard InChI is InChI=1S/C15H18BrN3O3/c1-18-14(22)17-9-15(18)4-6-19(7-5-15)13(21)10-2-3-11(16)12(20)8-10/h2-3,8,20H,4-7,9H2,1H3,(H,17,22). The van der Waals surface area contributed by atoms with E-state index in [1.54, 1.807) is 21.9 Å². The molecule has 1 spiro atoms. The van der Waals surface area contributed by atoms with Gasteiger partial charge in [0.2, 0.25) is 0 Å². The lowest BCUT2D eigenvalue weighted by Gasteiger charge is -2.42. The third-order valence-corrected chi connectivity index (χ3v) is 5.43. The minimum atomic E-state index is -0.171. The van der Waals surface area contributed by atoms with Crippen LogP contribution in [0, 0.1) is 0 Å².